The van der Waals surface area contributed by atoms with Crippen LogP contribution in [0.4, 0.5) is 0 Å². The Balaban J connectivity index is 3.65. The van der Waals surface area contributed by atoms with Crippen molar-refractivity contribution in [3.63, 3.8) is 0 Å². The van der Waals surface area contributed by atoms with Gasteiger partial charge in [-0.15, -0.1) is 6.58 Å². The molecule has 0 aromatic rings. The first kappa shape index (κ1) is 13.4. The molecular formula is C11H20O2S. The molecule has 0 bridgehead atoms. The van der Waals surface area contributed by atoms with Crippen LogP contribution in [0.3, 0.4) is 0 Å². The quantitative estimate of drug-likeness (QED) is 0.462. The van der Waals surface area contributed by atoms with Crippen LogP contribution in [0.1, 0.15) is 32.6 Å². The predicted molar refractivity (Wildman–Crippen MR) is 62.1 cm³/mol. The van der Waals surface area contributed by atoms with Crippen LogP contribution in [-0.4, -0.2) is 19.9 Å². The Morgan fingerprint density at radius 3 is 2.43 bits per heavy atom. The fraction of sp³-hybridized carbons (Fsp3) is 0.636. The maximum atomic E-state index is 11.2. The van der Waals surface area contributed by atoms with E-state index in [2.05, 4.69) is 13.5 Å². The number of rotatable bonds is 8. The minimum atomic E-state index is -2.93. The van der Waals surface area contributed by atoms with Crippen LogP contribution in [0, 0.1) is 0 Å². The predicted octanol–water partition coefficient (Wildman–Crippen LogP) is 2.72. The van der Waals surface area contributed by atoms with Gasteiger partial charge in [0.1, 0.15) is 0 Å². The lowest BCUT2D eigenvalue weighted by atomic mass is 10.2. The highest BCUT2D eigenvalue weighted by Gasteiger charge is 2.03. The average molecular weight is 216 g/mol. The monoisotopic (exact) mass is 216 g/mol. The second-order valence-corrected chi connectivity index (χ2v) is 5.49. The second-order valence-electron chi connectivity index (χ2n) is 3.33. The molecule has 3 heteroatoms. The highest BCUT2D eigenvalue weighted by Crippen LogP contribution is 2.00. The molecule has 0 aromatic heterocycles. The third kappa shape index (κ3) is 8.05. The van der Waals surface area contributed by atoms with Crippen molar-refractivity contribution in [2.24, 2.45) is 0 Å². The summed E-state index contributed by atoms with van der Waals surface area (Å²) >= 11 is 0. The first-order chi connectivity index (χ1) is 6.62. The highest BCUT2D eigenvalue weighted by molar-refractivity contribution is 7.91. The van der Waals surface area contributed by atoms with E-state index in [-0.39, 0.29) is 11.5 Å². The molecule has 0 amide bonds. The molecule has 82 valence electrons. The van der Waals surface area contributed by atoms with Crippen molar-refractivity contribution >= 4 is 9.84 Å². The maximum Gasteiger partial charge on any atom is 0.157 e. The molecule has 0 saturated carbocycles. The summed E-state index contributed by atoms with van der Waals surface area (Å²) in [5, 5.41) is 0. The topological polar surface area (TPSA) is 34.1 Å². The molecule has 0 aromatic carbocycles. The number of unbranched alkanes of at least 4 members (excludes halogenated alkanes) is 3. The Morgan fingerprint density at radius 2 is 1.86 bits per heavy atom. The summed E-state index contributed by atoms with van der Waals surface area (Å²) in [4.78, 5) is 0. The molecule has 0 heterocycles. The second kappa shape index (κ2) is 7.80. The van der Waals surface area contributed by atoms with E-state index in [1.807, 2.05) is 6.08 Å². The minimum Gasteiger partial charge on any atom is -0.228 e. The lowest BCUT2D eigenvalue weighted by molar-refractivity contribution is 0.602. The Bertz CT molecular complexity index is 263. The van der Waals surface area contributed by atoms with Crippen molar-refractivity contribution < 1.29 is 8.42 Å². The van der Waals surface area contributed by atoms with Gasteiger partial charge in [-0.05, 0) is 12.8 Å². The van der Waals surface area contributed by atoms with E-state index in [9.17, 15) is 8.42 Å². The molecule has 0 aliphatic carbocycles. The summed E-state index contributed by atoms with van der Waals surface area (Å²) in [7, 11) is -2.93. The van der Waals surface area contributed by atoms with Gasteiger partial charge in [0.25, 0.3) is 0 Å². The van der Waals surface area contributed by atoms with E-state index in [0.29, 0.717) is 0 Å². The van der Waals surface area contributed by atoms with Gasteiger partial charge in [-0.3, -0.25) is 0 Å². The van der Waals surface area contributed by atoms with Gasteiger partial charge in [-0.25, -0.2) is 8.42 Å². The van der Waals surface area contributed by atoms with Gasteiger partial charge in [0, 0.05) is 0 Å². The zero-order valence-electron chi connectivity index (χ0n) is 8.91. The summed E-state index contributed by atoms with van der Waals surface area (Å²) in [6.45, 7) is 5.56. The average Bonchev–Trinajstić information content (AvgIpc) is 2.11. The largest absolute Gasteiger partial charge is 0.228 e. The lowest BCUT2D eigenvalue weighted by Crippen LogP contribution is -2.06. The van der Waals surface area contributed by atoms with E-state index < -0.39 is 9.84 Å². The first-order valence-corrected chi connectivity index (χ1v) is 6.91. The Labute approximate surface area is 87.6 Å². The smallest absolute Gasteiger partial charge is 0.157 e. The van der Waals surface area contributed by atoms with Gasteiger partial charge in [0.15, 0.2) is 9.84 Å². The van der Waals surface area contributed by atoms with E-state index in [1.54, 1.807) is 6.08 Å². The minimum absolute atomic E-state index is 0.0757. The summed E-state index contributed by atoms with van der Waals surface area (Å²) in [6, 6.07) is 0. The number of allylic oxidation sites excluding steroid dienone is 1. The van der Waals surface area contributed by atoms with Gasteiger partial charge in [-0.1, -0.05) is 38.0 Å². The third-order valence-corrected chi connectivity index (χ3v) is 3.31. The van der Waals surface area contributed by atoms with Crippen LogP contribution < -0.4 is 0 Å². The van der Waals surface area contributed by atoms with E-state index >= 15 is 0 Å². The van der Waals surface area contributed by atoms with Gasteiger partial charge >= 0.3 is 0 Å². The number of hydrogen-bond donors (Lipinski definition) is 0. The van der Waals surface area contributed by atoms with Crippen LogP contribution in [0.25, 0.3) is 0 Å². The van der Waals surface area contributed by atoms with Gasteiger partial charge in [0.05, 0.1) is 11.5 Å². The van der Waals surface area contributed by atoms with Gasteiger partial charge in [0.2, 0.25) is 0 Å². The van der Waals surface area contributed by atoms with Crippen molar-refractivity contribution in [2.45, 2.75) is 32.6 Å². The van der Waals surface area contributed by atoms with Crippen molar-refractivity contribution in [1.29, 1.82) is 0 Å². The Kier molecular flexibility index (Phi) is 7.48. The fourth-order valence-electron chi connectivity index (χ4n) is 1.09. The molecule has 0 aliphatic heterocycles. The zero-order valence-corrected chi connectivity index (χ0v) is 9.72. The van der Waals surface area contributed by atoms with Crippen molar-refractivity contribution in [2.75, 3.05) is 11.5 Å². The van der Waals surface area contributed by atoms with Crippen LogP contribution >= 0.6 is 0 Å². The molecule has 14 heavy (non-hydrogen) atoms. The molecule has 0 atom stereocenters. The zero-order chi connectivity index (χ0) is 10.9. The molecular weight excluding hydrogens is 196 g/mol. The molecule has 0 fully saturated rings. The number of sulfone groups is 1. The molecule has 0 N–H and O–H groups in total. The maximum absolute atomic E-state index is 11.2. The molecule has 0 radical (unpaired) electrons. The lowest BCUT2D eigenvalue weighted by Gasteiger charge is -1.95. The third-order valence-electron chi connectivity index (χ3n) is 1.86. The van der Waals surface area contributed by atoms with Gasteiger partial charge < -0.3 is 0 Å². The van der Waals surface area contributed by atoms with Crippen molar-refractivity contribution in [3.8, 4) is 0 Å². The summed E-state index contributed by atoms with van der Waals surface area (Å²) in [5.74, 6) is 0.220. The van der Waals surface area contributed by atoms with E-state index in [4.69, 9.17) is 0 Å². The normalized spacial score (nSPS) is 12.1. The highest BCUT2D eigenvalue weighted by atomic mass is 32.2. The van der Waals surface area contributed by atoms with Crippen LogP contribution in [0.15, 0.2) is 24.8 Å². The van der Waals surface area contributed by atoms with E-state index in [1.165, 1.54) is 18.9 Å². The molecule has 0 saturated heterocycles. The molecule has 2 nitrogen and oxygen atoms in total. The standard InChI is InChI=1S/C11H20O2S/c1-3-5-6-7-8-9-11-14(12,13)10-4-2/h4,8-9H,2-3,5-7,10-11H2,1H3/b9-8-. The SMILES string of the molecule is C=CCS(=O)(=O)C/C=C\CCCCC. The van der Waals surface area contributed by atoms with Crippen LogP contribution in [0.5, 0.6) is 0 Å². The summed E-state index contributed by atoms with van der Waals surface area (Å²) in [5.41, 5.74) is 0. The van der Waals surface area contributed by atoms with Crippen molar-refractivity contribution in [1.82, 2.24) is 0 Å². The number of hydrogen-bond acceptors (Lipinski definition) is 2. The molecule has 0 spiro atoms. The van der Waals surface area contributed by atoms with E-state index in [0.717, 1.165) is 12.8 Å². The molecule has 0 aliphatic rings. The fourth-order valence-corrected chi connectivity index (χ4v) is 2.02. The summed E-state index contributed by atoms with van der Waals surface area (Å²) in [6.07, 6.45) is 9.67. The van der Waals surface area contributed by atoms with Gasteiger partial charge in [-0.2, -0.15) is 0 Å². The summed E-state index contributed by atoms with van der Waals surface area (Å²) < 4.78 is 22.4. The van der Waals surface area contributed by atoms with Crippen molar-refractivity contribution in [3.05, 3.63) is 24.8 Å². The Morgan fingerprint density at radius 1 is 1.14 bits per heavy atom. The van der Waals surface area contributed by atoms with Crippen LogP contribution in [0.2, 0.25) is 0 Å². The Hall–Kier alpha value is -0.570. The molecule has 0 rings (SSSR count). The molecule has 0 unspecified atom stereocenters. The van der Waals surface area contributed by atoms with Crippen LogP contribution in [-0.2, 0) is 9.84 Å². The first-order valence-electron chi connectivity index (χ1n) is 5.08.